The molecule has 66 valence electrons. The first-order valence-corrected chi connectivity index (χ1v) is 4.39. The lowest BCUT2D eigenvalue weighted by Crippen LogP contribution is -2.30. The molecule has 0 aromatic rings. The third kappa shape index (κ3) is 4.02. The molecule has 1 N–H and O–H groups in total. The molecule has 0 spiro atoms. The standard InChI is InChI=1S/C9H20N2/c1-5-6-7-11(4)9(10)8(2)3/h8,10H,5-7H2,1-4H3. The summed E-state index contributed by atoms with van der Waals surface area (Å²) in [7, 11) is 2.00. The maximum absolute atomic E-state index is 7.65. The molecule has 0 atom stereocenters. The molecule has 0 saturated carbocycles. The summed E-state index contributed by atoms with van der Waals surface area (Å²) in [6.07, 6.45) is 2.39. The number of hydrogen-bond donors (Lipinski definition) is 1. The van der Waals surface area contributed by atoms with E-state index in [1.807, 2.05) is 11.9 Å². The Labute approximate surface area is 70.1 Å². The summed E-state index contributed by atoms with van der Waals surface area (Å²) in [4.78, 5) is 2.04. The van der Waals surface area contributed by atoms with E-state index in [4.69, 9.17) is 5.41 Å². The Balaban J connectivity index is 3.64. The average Bonchev–Trinajstić information content (AvgIpc) is 1.98. The molecule has 11 heavy (non-hydrogen) atoms. The van der Waals surface area contributed by atoms with Gasteiger partial charge in [0.15, 0.2) is 0 Å². The van der Waals surface area contributed by atoms with E-state index in [1.165, 1.54) is 12.8 Å². The monoisotopic (exact) mass is 156 g/mol. The van der Waals surface area contributed by atoms with Crippen molar-refractivity contribution in [1.29, 1.82) is 5.41 Å². The van der Waals surface area contributed by atoms with Crippen molar-refractivity contribution in [1.82, 2.24) is 4.90 Å². The molecule has 0 fully saturated rings. The van der Waals surface area contributed by atoms with Gasteiger partial charge in [-0.1, -0.05) is 27.2 Å². The zero-order valence-corrected chi connectivity index (χ0v) is 8.15. The second kappa shape index (κ2) is 5.16. The fraction of sp³-hybridized carbons (Fsp3) is 0.889. The maximum Gasteiger partial charge on any atom is 0.0981 e. The van der Waals surface area contributed by atoms with Gasteiger partial charge < -0.3 is 4.90 Å². The van der Waals surface area contributed by atoms with Crippen molar-refractivity contribution in [2.75, 3.05) is 13.6 Å². The Morgan fingerprint density at radius 2 is 2.00 bits per heavy atom. The molecule has 0 bridgehead atoms. The van der Waals surface area contributed by atoms with Crippen LogP contribution in [-0.2, 0) is 0 Å². The minimum atomic E-state index is 0.358. The van der Waals surface area contributed by atoms with Crippen molar-refractivity contribution in [3.63, 3.8) is 0 Å². The highest BCUT2D eigenvalue weighted by atomic mass is 15.1. The van der Waals surface area contributed by atoms with E-state index in [9.17, 15) is 0 Å². The minimum Gasteiger partial charge on any atom is -0.363 e. The zero-order valence-electron chi connectivity index (χ0n) is 8.15. The second-order valence-electron chi connectivity index (χ2n) is 3.32. The predicted molar refractivity (Wildman–Crippen MR) is 50.1 cm³/mol. The van der Waals surface area contributed by atoms with Crippen molar-refractivity contribution in [2.24, 2.45) is 5.92 Å². The van der Waals surface area contributed by atoms with Crippen LogP contribution in [0.3, 0.4) is 0 Å². The van der Waals surface area contributed by atoms with Gasteiger partial charge in [-0.15, -0.1) is 0 Å². The van der Waals surface area contributed by atoms with E-state index >= 15 is 0 Å². The molecule has 0 aromatic carbocycles. The lowest BCUT2D eigenvalue weighted by molar-refractivity contribution is 0.457. The van der Waals surface area contributed by atoms with Crippen molar-refractivity contribution in [3.8, 4) is 0 Å². The number of unbranched alkanes of at least 4 members (excludes halogenated alkanes) is 1. The van der Waals surface area contributed by atoms with E-state index in [0.717, 1.165) is 12.4 Å². The largest absolute Gasteiger partial charge is 0.363 e. The normalized spacial score (nSPS) is 10.3. The molecule has 0 amide bonds. The molecular formula is C9H20N2. The van der Waals surface area contributed by atoms with Crippen molar-refractivity contribution < 1.29 is 0 Å². The molecule has 0 aliphatic rings. The number of hydrogen-bond acceptors (Lipinski definition) is 1. The van der Waals surface area contributed by atoms with Gasteiger partial charge in [-0.3, -0.25) is 5.41 Å². The summed E-state index contributed by atoms with van der Waals surface area (Å²) in [6.45, 7) is 7.32. The molecule has 0 aliphatic heterocycles. The quantitative estimate of drug-likeness (QED) is 0.491. The Bertz CT molecular complexity index is 119. The summed E-state index contributed by atoms with van der Waals surface area (Å²) >= 11 is 0. The van der Waals surface area contributed by atoms with Gasteiger partial charge in [0, 0.05) is 19.5 Å². The van der Waals surface area contributed by atoms with Gasteiger partial charge in [0.1, 0.15) is 0 Å². The van der Waals surface area contributed by atoms with Crippen molar-refractivity contribution in [3.05, 3.63) is 0 Å². The predicted octanol–water partition coefficient (Wildman–Crippen LogP) is 2.35. The van der Waals surface area contributed by atoms with Crippen LogP contribution in [0.5, 0.6) is 0 Å². The van der Waals surface area contributed by atoms with Crippen LogP contribution in [0.1, 0.15) is 33.6 Å². The van der Waals surface area contributed by atoms with Gasteiger partial charge in [-0.2, -0.15) is 0 Å². The van der Waals surface area contributed by atoms with Gasteiger partial charge in [-0.25, -0.2) is 0 Å². The highest BCUT2D eigenvalue weighted by Gasteiger charge is 2.06. The third-order valence-corrected chi connectivity index (χ3v) is 1.81. The summed E-state index contributed by atoms with van der Waals surface area (Å²) < 4.78 is 0. The smallest absolute Gasteiger partial charge is 0.0981 e. The van der Waals surface area contributed by atoms with E-state index < -0.39 is 0 Å². The first kappa shape index (κ1) is 10.5. The summed E-state index contributed by atoms with van der Waals surface area (Å²) in [6, 6.07) is 0. The number of nitrogens with one attached hydrogen (secondary N) is 1. The molecule has 0 radical (unpaired) electrons. The average molecular weight is 156 g/mol. The second-order valence-corrected chi connectivity index (χ2v) is 3.32. The Morgan fingerprint density at radius 1 is 1.45 bits per heavy atom. The SMILES string of the molecule is CCCCN(C)C(=N)C(C)C. The third-order valence-electron chi connectivity index (χ3n) is 1.81. The van der Waals surface area contributed by atoms with Gasteiger partial charge >= 0.3 is 0 Å². The van der Waals surface area contributed by atoms with Crippen LogP contribution in [0.15, 0.2) is 0 Å². The molecule has 0 rings (SSSR count). The summed E-state index contributed by atoms with van der Waals surface area (Å²) in [5, 5.41) is 7.65. The molecular weight excluding hydrogens is 136 g/mol. The van der Waals surface area contributed by atoms with Crippen LogP contribution in [-0.4, -0.2) is 24.3 Å². The summed E-state index contributed by atoms with van der Waals surface area (Å²) in [5.74, 6) is 1.11. The van der Waals surface area contributed by atoms with Crippen LogP contribution in [0.25, 0.3) is 0 Å². The molecule has 2 nitrogen and oxygen atoms in total. The molecule has 0 heterocycles. The molecule has 0 aliphatic carbocycles. The summed E-state index contributed by atoms with van der Waals surface area (Å²) in [5.41, 5.74) is 0. The highest BCUT2D eigenvalue weighted by Crippen LogP contribution is 2.00. The number of amidine groups is 1. The molecule has 0 saturated heterocycles. The Kier molecular flexibility index (Phi) is 4.92. The zero-order chi connectivity index (χ0) is 8.85. The van der Waals surface area contributed by atoms with Crippen LogP contribution in [0.2, 0.25) is 0 Å². The van der Waals surface area contributed by atoms with E-state index in [1.54, 1.807) is 0 Å². The number of nitrogens with zero attached hydrogens (tertiary/aromatic N) is 1. The van der Waals surface area contributed by atoms with Crippen LogP contribution < -0.4 is 0 Å². The number of rotatable bonds is 4. The minimum absolute atomic E-state index is 0.358. The van der Waals surface area contributed by atoms with Gasteiger partial charge in [-0.05, 0) is 6.42 Å². The van der Waals surface area contributed by atoms with E-state index in [0.29, 0.717) is 5.92 Å². The lowest BCUT2D eigenvalue weighted by Gasteiger charge is -2.21. The van der Waals surface area contributed by atoms with Crippen molar-refractivity contribution >= 4 is 5.84 Å². The van der Waals surface area contributed by atoms with E-state index in [-0.39, 0.29) is 0 Å². The lowest BCUT2D eigenvalue weighted by atomic mass is 10.2. The van der Waals surface area contributed by atoms with Crippen LogP contribution >= 0.6 is 0 Å². The van der Waals surface area contributed by atoms with Crippen LogP contribution in [0.4, 0.5) is 0 Å². The Hall–Kier alpha value is -0.530. The molecule has 0 aromatic heterocycles. The fourth-order valence-electron chi connectivity index (χ4n) is 0.957. The maximum atomic E-state index is 7.65. The van der Waals surface area contributed by atoms with Gasteiger partial charge in [0.25, 0.3) is 0 Å². The van der Waals surface area contributed by atoms with Gasteiger partial charge in [0.05, 0.1) is 5.84 Å². The first-order valence-electron chi connectivity index (χ1n) is 4.39. The van der Waals surface area contributed by atoms with E-state index in [2.05, 4.69) is 20.8 Å². The fourth-order valence-corrected chi connectivity index (χ4v) is 0.957. The van der Waals surface area contributed by atoms with Crippen LogP contribution in [0, 0.1) is 11.3 Å². The Morgan fingerprint density at radius 3 is 2.36 bits per heavy atom. The topological polar surface area (TPSA) is 27.1 Å². The molecule has 0 unspecified atom stereocenters. The van der Waals surface area contributed by atoms with Gasteiger partial charge in [0.2, 0.25) is 0 Å². The molecule has 2 heteroatoms. The first-order chi connectivity index (χ1) is 5.09. The van der Waals surface area contributed by atoms with Crippen molar-refractivity contribution in [2.45, 2.75) is 33.6 Å². The highest BCUT2D eigenvalue weighted by molar-refractivity contribution is 5.80.